The molecule has 2 heterocycles. The van der Waals surface area contributed by atoms with Gasteiger partial charge in [-0.1, -0.05) is 23.2 Å². The molecule has 98 valence electrons. The van der Waals surface area contributed by atoms with E-state index in [9.17, 15) is 14.9 Å². The summed E-state index contributed by atoms with van der Waals surface area (Å²) in [5.41, 5.74) is 0.111. The first-order valence-electron chi connectivity index (χ1n) is 4.70. The monoisotopic (exact) mass is 318 g/mol. The fourth-order valence-electron chi connectivity index (χ4n) is 1.16. The van der Waals surface area contributed by atoms with E-state index >= 15 is 0 Å². The predicted octanol–water partition coefficient (Wildman–Crippen LogP) is 3.01. The van der Waals surface area contributed by atoms with Crippen molar-refractivity contribution in [2.45, 2.75) is 0 Å². The molecule has 0 aliphatic carbocycles. The zero-order chi connectivity index (χ0) is 14.0. The highest BCUT2D eigenvalue weighted by atomic mass is 35.5. The van der Waals surface area contributed by atoms with Crippen molar-refractivity contribution in [3.63, 3.8) is 0 Å². The highest BCUT2D eigenvalue weighted by Crippen LogP contribution is 2.26. The number of halogens is 2. The highest BCUT2D eigenvalue weighted by Gasteiger charge is 2.16. The number of amides is 1. The third-order valence-corrected chi connectivity index (χ3v) is 3.33. The minimum Gasteiger partial charge on any atom is -0.298 e. The topological polar surface area (TPSA) is 98.0 Å². The van der Waals surface area contributed by atoms with Crippen LogP contribution < -0.4 is 5.32 Å². The standard InChI is InChI=1S/C9H4Cl2N4O3S/c10-5-2-12-6(11)1-4(5)8(16)14-9-13-3-7(19-9)15(17)18/h1-3H,(H,13,14,16). The van der Waals surface area contributed by atoms with Gasteiger partial charge in [0.25, 0.3) is 5.91 Å². The summed E-state index contributed by atoms with van der Waals surface area (Å²) in [6, 6.07) is 1.29. The zero-order valence-corrected chi connectivity index (χ0v) is 11.3. The van der Waals surface area contributed by atoms with Crippen molar-refractivity contribution in [3.8, 4) is 0 Å². The number of carbonyl (C=O) groups is 1. The van der Waals surface area contributed by atoms with E-state index in [4.69, 9.17) is 23.2 Å². The molecule has 0 aliphatic heterocycles. The van der Waals surface area contributed by atoms with Crippen LogP contribution in [0.2, 0.25) is 10.2 Å². The molecule has 0 aliphatic rings. The van der Waals surface area contributed by atoms with Crippen molar-refractivity contribution >= 4 is 50.6 Å². The summed E-state index contributed by atoms with van der Waals surface area (Å²) in [6.07, 6.45) is 2.30. The number of pyridine rings is 1. The van der Waals surface area contributed by atoms with Crippen molar-refractivity contribution in [1.29, 1.82) is 0 Å². The fraction of sp³-hybridized carbons (Fsp3) is 0. The Hall–Kier alpha value is -1.77. The van der Waals surface area contributed by atoms with Gasteiger partial charge in [-0.3, -0.25) is 20.2 Å². The van der Waals surface area contributed by atoms with Crippen LogP contribution in [0, 0.1) is 10.1 Å². The molecule has 10 heteroatoms. The molecule has 0 unspecified atom stereocenters. The molecule has 2 rings (SSSR count). The van der Waals surface area contributed by atoms with Crippen molar-refractivity contribution in [2.24, 2.45) is 0 Å². The summed E-state index contributed by atoms with van der Waals surface area (Å²) >= 11 is 12.2. The van der Waals surface area contributed by atoms with Crippen LogP contribution in [0.4, 0.5) is 10.1 Å². The van der Waals surface area contributed by atoms with E-state index in [1.54, 1.807) is 0 Å². The number of rotatable bonds is 3. The fourth-order valence-corrected chi connectivity index (χ4v) is 2.13. The number of anilines is 1. The molecule has 0 fully saturated rings. The lowest BCUT2D eigenvalue weighted by Crippen LogP contribution is -2.12. The molecular weight excluding hydrogens is 315 g/mol. The van der Waals surface area contributed by atoms with E-state index in [1.807, 2.05) is 0 Å². The maximum Gasteiger partial charge on any atom is 0.345 e. The van der Waals surface area contributed by atoms with E-state index in [2.05, 4.69) is 15.3 Å². The average Bonchev–Trinajstić information content (AvgIpc) is 2.80. The van der Waals surface area contributed by atoms with Gasteiger partial charge in [0.05, 0.1) is 15.5 Å². The van der Waals surface area contributed by atoms with Gasteiger partial charge in [-0.2, -0.15) is 0 Å². The molecule has 0 aromatic carbocycles. The first kappa shape index (κ1) is 13.7. The van der Waals surface area contributed by atoms with Crippen LogP contribution in [0.25, 0.3) is 0 Å². The van der Waals surface area contributed by atoms with Gasteiger partial charge in [0.1, 0.15) is 11.3 Å². The van der Waals surface area contributed by atoms with Gasteiger partial charge in [-0.05, 0) is 17.4 Å². The predicted molar refractivity (Wildman–Crippen MR) is 71.0 cm³/mol. The number of thiazole rings is 1. The number of nitrogens with one attached hydrogen (secondary N) is 1. The summed E-state index contributed by atoms with van der Waals surface area (Å²) in [6.45, 7) is 0. The Morgan fingerprint density at radius 2 is 2.11 bits per heavy atom. The van der Waals surface area contributed by atoms with Gasteiger partial charge in [-0.15, -0.1) is 0 Å². The van der Waals surface area contributed by atoms with Gasteiger partial charge >= 0.3 is 5.00 Å². The Kier molecular flexibility index (Phi) is 3.93. The first-order valence-corrected chi connectivity index (χ1v) is 6.27. The summed E-state index contributed by atoms with van der Waals surface area (Å²) in [7, 11) is 0. The third-order valence-electron chi connectivity index (χ3n) is 1.96. The highest BCUT2D eigenvalue weighted by molar-refractivity contribution is 7.18. The normalized spacial score (nSPS) is 10.2. The van der Waals surface area contributed by atoms with Crippen LogP contribution in [-0.4, -0.2) is 20.8 Å². The smallest absolute Gasteiger partial charge is 0.298 e. The van der Waals surface area contributed by atoms with E-state index in [-0.39, 0.29) is 25.9 Å². The molecule has 1 N–H and O–H groups in total. The van der Waals surface area contributed by atoms with Crippen LogP contribution in [0.5, 0.6) is 0 Å². The number of hydrogen-bond donors (Lipinski definition) is 1. The van der Waals surface area contributed by atoms with Crippen molar-refractivity contribution in [3.05, 3.63) is 44.3 Å². The van der Waals surface area contributed by atoms with Crippen LogP contribution in [0.1, 0.15) is 10.4 Å². The number of nitro groups is 1. The van der Waals surface area contributed by atoms with Crippen LogP contribution in [0.15, 0.2) is 18.5 Å². The number of carbonyl (C=O) groups excluding carboxylic acids is 1. The van der Waals surface area contributed by atoms with E-state index in [0.29, 0.717) is 0 Å². The Morgan fingerprint density at radius 3 is 2.74 bits per heavy atom. The van der Waals surface area contributed by atoms with Gasteiger partial charge < -0.3 is 0 Å². The lowest BCUT2D eigenvalue weighted by Gasteiger charge is -2.03. The minimum absolute atomic E-state index is 0.0979. The summed E-state index contributed by atoms with van der Waals surface area (Å²) in [4.78, 5) is 29.2. The van der Waals surface area contributed by atoms with Crippen molar-refractivity contribution < 1.29 is 9.72 Å². The van der Waals surface area contributed by atoms with Gasteiger partial charge in [0, 0.05) is 6.20 Å². The summed E-state index contributed by atoms with van der Waals surface area (Å²) in [5, 5.41) is 13.0. The van der Waals surface area contributed by atoms with Crippen LogP contribution >= 0.6 is 34.5 Å². The van der Waals surface area contributed by atoms with Crippen molar-refractivity contribution in [2.75, 3.05) is 5.32 Å². The molecule has 2 aromatic rings. The molecule has 0 atom stereocenters. The molecule has 1 amide bonds. The first-order chi connectivity index (χ1) is 8.97. The maximum absolute atomic E-state index is 11.9. The average molecular weight is 319 g/mol. The molecule has 0 radical (unpaired) electrons. The number of hydrogen-bond acceptors (Lipinski definition) is 6. The van der Waals surface area contributed by atoms with E-state index in [1.165, 1.54) is 12.3 Å². The van der Waals surface area contributed by atoms with Crippen LogP contribution in [0.3, 0.4) is 0 Å². The molecule has 2 aromatic heterocycles. The van der Waals surface area contributed by atoms with Gasteiger partial charge in [0.2, 0.25) is 0 Å². The van der Waals surface area contributed by atoms with E-state index < -0.39 is 10.8 Å². The Balaban J connectivity index is 2.20. The zero-order valence-electron chi connectivity index (χ0n) is 8.96. The Labute approximate surface area is 120 Å². The second-order valence-corrected chi connectivity index (χ2v) is 5.01. The van der Waals surface area contributed by atoms with E-state index in [0.717, 1.165) is 17.5 Å². The van der Waals surface area contributed by atoms with Gasteiger partial charge in [0.15, 0.2) is 5.13 Å². The largest absolute Gasteiger partial charge is 0.345 e. The quantitative estimate of drug-likeness (QED) is 0.533. The molecule has 0 bridgehead atoms. The maximum atomic E-state index is 11.9. The molecule has 7 nitrogen and oxygen atoms in total. The minimum atomic E-state index is -0.594. The SMILES string of the molecule is O=C(Nc1ncc([N+](=O)[O-])s1)c1cc(Cl)ncc1Cl. The second-order valence-electron chi connectivity index (χ2n) is 3.20. The third kappa shape index (κ3) is 3.16. The molecule has 0 saturated carbocycles. The van der Waals surface area contributed by atoms with Crippen molar-refractivity contribution in [1.82, 2.24) is 9.97 Å². The lowest BCUT2D eigenvalue weighted by molar-refractivity contribution is -0.380. The summed E-state index contributed by atoms with van der Waals surface area (Å²) < 4.78 is 0. The molecule has 19 heavy (non-hydrogen) atoms. The number of aromatic nitrogens is 2. The molecular formula is C9H4Cl2N4O3S. The Bertz CT molecular complexity index is 661. The number of nitrogens with zero attached hydrogens (tertiary/aromatic N) is 3. The van der Waals surface area contributed by atoms with Crippen LogP contribution in [-0.2, 0) is 0 Å². The molecule has 0 saturated heterocycles. The molecule has 0 spiro atoms. The second kappa shape index (κ2) is 5.47. The van der Waals surface area contributed by atoms with Gasteiger partial charge in [-0.25, -0.2) is 9.97 Å². The Morgan fingerprint density at radius 1 is 1.37 bits per heavy atom. The summed E-state index contributed by atoms with van der Waals surface area (Å²) in [5.74, 6) is -0.571. The lowest BCUT2D eigenvalue weighted by atomic mass is 10.2.